The molecule has 10 nitrogen and oxygen atoms in total. The van der Waals surface area contributed by atoms with E-state index in [1.165, 1.54) is 16.7 Å². The van der Waals surface area contributed by atoms with E-state index in [0.29, 0.717) is 18.7 Å². The summed E-state index contributed by atoms with van der Waals surface area (Å²) in [5.74, 6) is -1.36. The van der Waals surface area contributed by atoms with Gasteiger partial charge >= 0.3 is 12.1 Å². The Kier molecular flexibility index (Phi) is 10.5. The van der Waals surface area contributed by atoms with E-state index in [2.05, 4.69) is 10.6 Å². The average molecular weight is 629 g/mol. The van der Waals surface area contributed by atoms with Gasteiger partial charge in [-0.05, 0) is 36.2 Å². The van der Waals surface area contributed by atoms with Crippen LogP contribution in [0.15, 0.2) is 102 Å². The zero-order chi connectivity index (χ0) is 31.8. The normalized spacial score (nSPS) is 18.8. The Hall–Kier alpha value is -4.61. The van der Waals surface area contributed by atoms with Gasteiger partial charge in [-0.15, -0.1) is 11.8 Å². The molecule has 1 fully saturated rings. The van der Waals surface area contributed by atoms with Crippen LogP contribution in [-0.4, -0.2) is 84.9 Å². The lowest BCUT2D eigenvalue weighted by Crippen LogP contribution is -2.74. The van der Waals surface area contributed by atoms with E-state index in [-0.39, 0.29) is 18.9 Å². The summed E-state index contributed by atoms with van der Waals surface area (Å²) in [7, 11) is 3.78. The molecular weight excluding hydrogens is 592 g/mol. The van der Waals surface area contributed by atoms with Crippen LogP contribution in [-0.2, 0) is 30.3 Å². The van der Waals surface area contributed by atoms with Gasteiger partial charge in [0.1, 0.15) is 18.0 Å². The number of hydrogen-bond acceptors (Lipinski definition) is 8. The van der Waals surface area contributed by atoms with Gasteiger partial charge < -0.3 is 29.9 Å². The van der Waals surface area contributed by atoms with Crippen molar-refractivity contribution in [3.05, 3.63) is 119 Å². The maximum absolute atomic E-state index is 14.0. The van der Waals surface area contributed by atoms with Gasteiger partial charge in [0.05, 0.1) is 6.42 Å². The highest BCUT2D eigenvalue weighted by atomic mass is 32.2. The maximum atomic E-state index is 14.0. The third-order valence-electron chi connectivity index (χ3n) is 7.45. The van der Waals surface area contributed by atoms with Crippen LogP contribution < -0.4 is 10.6 Å². The van der Waals surface area contributed by atoms with Crippen LogP contribution in [0.1, 0.15) is 22.8 Å². The molecule has 0 aliphatic carbocycles. The first-order valence-electron chi connectivity index (χ1n) is 14.7. The molecule has 0 bridgehead atoms. The monoisotopic (exact) mass is 628 g/mol. The Bertz CT molecular complexity index is 1480. The van der Waals surface area contributed by atoms with Crippen LogP contribution in [0.3, 0.4) is 0 Å². The third-order valence-corrected chi connectivity index (χ3v) is 8.67. The quantitative estimate of drug-likeness (QED) is 0.231. The van der Waals surface area contributed by atoms with Gasteiger partial charge in [-0.3, -0.25) is 9.59 Å². The molecule has 2 N–H and O–H groups in total. The Morgan fingerprint density at radius 2 is 1.51 bits per heavy atom. The van der Waals surface area contributed by atoms with Crippen molar-refractivity contribution in [2.24, 2.45) is 0 Å². The van der Waals surface area contributed by atoms with Crippen molar-refractivity contribution in [1.82, 2.24) is 20.4 Å². The molecule has 2 aliphatic rings. The molecule has 3 aromatic carbocycles. The summed E-state index contributed by atoms with van der Waals surface area (Å²) in [4.78, 5) is 56.2. The van der Waals surface area contributed by atoms with E-state index in [1.807, 2.05) is 110 Å². The molecule has 5 rings (SSSR count). The Morgan fingerprint density at radius 1 is 0.911 bits per heavy atom. The second-order valence-electron chi connectivity index (χ2n) is 11.0. The fraction of sp³-hybridized carbons (Fsp3) is 0.294. The van der Waals surface area contributed by atoms with Crippen LogP contribution >= 0.6 is 11.8 Å². The molecule has 1 saturated heterocycles. The molecule has 2 aliphatic heterocycles. The minimum atomic E-state index is -1.14. The molecule has 2 heterocycles. The second kappa shape index (κ2) is 14.9. The first-order chi connectivity index (χ1) is 21.8. The minimum absolute atomic E-state index is 0.126. The number of β-lactam (4-membered cyclic amide) rings is 1. The number of benzene rings is 3. The maximum Gasteiger partial charge on any atom is 0.407 e. The van der Waals surface area contributed by atoms with Crippen LogP contribution in [0.2, 0.25) is 0 Å². The van der Waals surface area contributed by atoms with Crippen molar-refractivity contribution in [2.75, 3.05) is 33.8 Å². The lowest BCUT2D eigenvalue weighted by atomic mass is 9.97. The molecule has 3 atom stereocenters. The lowest BCUT2D eigenvalue weighted by molar-refractivity contribution is -0.165. The molecule has 0 spiro atoms. The molecule has 2 unspecified atom stereocenters. The van der Waals surface area contributed by atoms with Crippen molar-refractivity contribution in [1.29, 1.82) is 0 Å². The van der Waals surface area contributed by atoms with Crippen molar-refractivity contribution >= 4 is 35.6 Å². The van der Waals surface area contributed by atoms with E-state index >= 15 is 0 Å². The highest BCUT2D eigenvalue weighted by Crippen LogP contribution is 2.41. The number of rotatable bonds is 12. The molecule has 234 valence electrons. The van der Waals surface area contributed by atoms with Crippen LogP contribution in [0.4, 0.5) is 4.79 Å². The smallest absolute Gasteiger partial charge is 0.407 e. The summed E-state index contributed by atoms with van der Waals surface area (Å²) in [5, 5.41) is 6.71. The van der Waals surface area contributed by atoms with E-state index in [1.54, 1.807) is 5.41 Å². The molecule has 0 radical (unpaired) electrons. The number of hydrogen-bond donors (Lipinski definition) is 2. The number of fused-ring (bicyclic) bond motifs is 1. The third kappa shape index (κ3) is 7.92. The summed E-state index contributed by atoms with van der Waals surface area (Å²) < 4.78 is 11.6. The number of ether oxygens (including phenoxy) is 2. The lowest BCUT2D eigenvalue weighted by Gasteiger charge is -2.51. The molecular formula is C34H36N4O6S. The number of amides is 3. The first-order valence-corrected chi connectivity index (χ1v) is 15.6. The SMILES string of the molecule is CN(C)CCNC(=O)OCC1=CS[C@H]2C(NC(=O)Cc3ccccc3)C(=O)N2C1C(=O)OC(c1ccccc1)c1ccccc1. The summed E-state index contributed by atoms with van der Waals surface area (Å²) in [6.07, 6.45) is -1.24. The predicted molar refractivity (Wildman–Crippen MR) is 171 cm³/mol. The van der Waals surface area contributed by atoms with Gasteiger partial charge in [-0.1, -0.05) is 91.0 Å². The second-order valence-corrected chi connectivity index (χ2v) is 12.0. The summed E-state index contributed by atoms with van der Waals surface area (Å²) in [6.45, 7) is 0.797. The number of likely N-dealkylation sites (N-methyl/N-ethyl adjacent to an activating group) is 1. The highest BCUT2D eigenvalue weighted by molar-refractivity contribution is 8.03. The zero-order valence-electron chi connectivity index (χ0n) is 25.1. The van der Waals surface area contributed by atoms with Gasteiger partial charge in [-0.2, -0.15) is 0 Å². The Labute approximate surface area is 266 Å². The van der Waals surface area contributed by atoms with Gasteiger partial charge in [0.25, 0.3) is 0 Å². The van der Waals surface area contributed by atoms with Crippen LogP contribution in [0, 0.1) is 0 Å². The number of esters is 1. The molecule has 3 aromatic rings. The summed E-state index contributed by atoms with van der Waals surface area (Å²) >= 11 is 1.29. The summed E-state index contributed by atoms with van der Waals surface area (Å²) in [5.41, 5.74) is 2.77. The van der Waals surface area contributed by atoms with Crippen molar-refractivity contribution < 1.29 is 28.7 Å². The number of carbonyl (C=O) groups is 4. The highest BCUT2D eigenvalue weighted by Gasteiger charge is 2.56. The topological polar surface area (TPSA) is 117 Å². The largest absolute Gasteiger partial charge is 0.451 e. The number of thioether (sulfide) groups is 1. The summed E-state index contributed by atoms with van der Waals surface area (Å²) in [6, 6.07) is 26.0. The fourth-order valence-corrected chi connectivity index (χ4v) is 6.38. The molecule has 0 aromatic heterocycles. The van der Waals surface area contributed by atoms with Gasteiger partial charge in [0.15, 0.2) is 12.1 Å². The number of carbonyl (C=O) groups excluding carboxylic acids is 4. The van der Waals surface area contributed by atoms with E-state index in [4.69, 9.17) is 9.47 Å². The van der Waals surface area contributed by atoms with Crippen molar-refractivity contribution in [2.45, 2.75) is 30.0 Å². The van der Waals surface area contributed by atoms with E-state index in [0.717, 1.165) is 16.7 Å². The number of nitrogens with zero attached hydrogens (tertiary/aromatic N) is 2. The van der Waals surface area contributed by atoms with Crippen LogP contribution in [0.25, 0.3) is 0 Å². The Balaban J connectivity index is 1.35. The standard InChI is InChI=1S/C34H36N4O6S/c1-37(2)19-18-35-34(42)43-21-26-22-45-32-28(36-27(39)20-23-12-6-3-7-13-23)31(40)38(32)29(26)33(41)44-30(24-14-8-4-9-15-24)25-16-10-5-11-17-25/h3-17,22,28-30,32H,18-21H2,1-2H3,(H,35,42)(H,36,39)/t28?,29?,32-/m0/s1. The predicted octanol–water partition coefficient (Wildman–Crippen LogP) is 3.50. The average Bonchev–Trinajstić information content (AvgIpc) is 3.05. The van der Waals surface area contributed by atoms with Gasteiger partial charge in [-0.25, -0.2) is 9.59 Å². The van der Waals surface area contributed by atoms with Crippen LogP contribution in [0.5, 0.6) is 0 Å². The molecule has 0 saturated carbocycles. The van der Waals surface area contributed by atoms with Crippen molar-refractivity contribution in [3.8, 4) is 0 Å². The molecule has 45 heavy (non-hydrogen) atoms. The van der Waals surface area contributed by atoms with Gasteiger partial charge in [0, 0.05) is 18.7 Å². The Morgan fingerprint density at radius 3 is 2.11 bits per heavy atom. The fourth-order valence-electron chi connectivity index (χ4n) is 5.17. The van der Waals surface area contributed by atoms with E-state index < -0.39 is 41.5 Å². The van der Waals surface area contributed by atoms with Gasteiger partial charge in [0.2, 0.25) is 11.8 Å². The first kappa shape index (κ1) is 31.8. The van der Waals surface area contributed by atoms with Crippen molar-refractivity contribution in [3.63, 3.8) is 0 Å². The number of nitrogens with one attached hydrogen (secondary N) is 2. The molecule has 11 heteroatoms. The molecule has 3 amide bonds. The minimum Gasteiger partial charge on any atom is -0.451 e. The number of alkyl carbamates (subject to hydrolysis) is 1. The van der Waals surface area contributed by atoms with E-state index in [9.17, 15) is 19.2 Å². The zero-order valence-corrected chi connectivity index (χ0v) is 25.9.